The molecule has 0 aliphatic rings. The van der Waals surface area contributed by atoms with Crippen molar-refractivity contribution < 1.29 is 4.79 Å². The van der Waals surface area contributed by atoms with Crippen molar-refractivity contribution in [3.63, 3.8) is 0 Å². The summed E-state index contributed by atoms with van der Waals surface area (Å²) in [5.41, 5.74) is 2.54. The number of carbonyl (C=O) groups excluding carboxylic acids is 1. The molecule has 5 nitrogen and oxygen atoms in total. The van der Waals surface area contributed by atoms with Crippen molar-refractivity contribution in [2.24, 2.45) is 0 Å². The molecule has 0 radical (unpaired) electrons. The number of aromatic nitrogens is 3. The predicted octanol–water partition coefficient (Wildman–Crippen LogP) is 4.12. The average molecular weight is 351 g/mol. The van der Waals surface area contributed by atoms with Gasteiger partial charge in [-0.15, -0.1) is 0 Å². The van der Waals surface area contributed by atoms with Crippen LogP contribution in [0.2, 0.25) is 5.02 Å². The van der Waals surface area contributed by atoms with E-state index in [1.165, 1.54) is 0 Å². The number of amides is 1. The molecule has 0 fully saturated rings. The molecular formula is C19H15ClN4O. The van der Waals surface area contributed by atoms with E-state index in [1.807, 2.05) is 70.1 Å². The van der Waals surface area contributed by atoms with Crippen LogP contribution in [0, 0.1) is 0 Å². The third-order valence-electron chi connectivity index (χ3n) is 4.01. The molecule has 1 N–H and O–H groups in total. The second-order valence-electron chi connectivity index (χ2n) is 5.68. The first-order valence-electron chi connectivity index (χ1n) is 7.82. The molecule has 124 valence electrons. The Morgan fingerprint density at radius 2 is 2.00 bits per heavy atom. The van der Waals surface area contributed by atoms with Crippen LogP contribution in [0.3, 0.4) is 0 Å². The van der Waals surface area contributed by atoms with E-state index in [2.05, 4.69) is 10.3 Å². The highest BCUT2D eigenvalue weighted by Crippen LogP contribution is 2.22. The molecule has 2 heterocycles. The topological polar surface area (TPSA) is 51.9 Å². The fraction of sp³-hybridized carbons (Fsp3) is 0.0526. The quantitative estimate of drug-likeness (QED) is 0.602. The summed E-state index contributed by atoms with van der Waals surface area (Å²) >= 11 is 6.07. The molecule has 0 atom stereocenters. The lowest BCUT2D eigenvalue weighted by atomic mass is 10.2. The minimum absolute atomic E-state index is 0.106. The summed E-state index contributed by atoms with van der Waals surface area (Å²) in [5, 5.41) is 4.68. The van der Waals surface area contributed by atoms with E-state index in [1.54, 1.807) is 12.5 Å². The molecular weight excluding hydrogens is 336 g/mol. The van der Waals surface area contributed by atoms with Crippen LogP contribution < -0.4 is 5.32 Å². The minimum Gasteiger partial charge on any atom is -0.338 e. The Hall–Kier alpha value is -3.05. The van der Waals surface area contributed by atoms with Crippen LogP contribution in [0.5, 0.6) is 0 Å². The highest BCUT2D eigenvalue weighted by Gasteiger charge is 2.10. The molecule has 6 heteroatoms. The number of hydrogen-bond acceptors (Lipinski definition) is 2. The van der Waals surface area contributed by atoms with Gasteiger partial charge in [0.15, 0.2) is 0 Å². The Bertz CT molecular complexity index is 1040. The van der Waals surface area contributed by atoms with Crippen LogP contribution in [0.15, 0.2) is 73.4 Å². The number of para-hydroxylation sites is 2. The van der Waals surface area contributed by atoms with Crippen LogP contribution in [-0.4, -0.2) is 20.0 Å². The first-order valence-corrected chi connectivity index (χ1v) is 8.20. The summed E-state index contributed by atoms with van der Waals surface area (Å²) in [7, 11) is 0. The summed E-state index contributed by atoms with van der Waals surface area (Å²) < 4.78 is 3.75. The number of imidazole rings is 1. The Morgan fingerprint density at radius 3 is 2.84 bits per heavy atom. The molecule has 25 heavy (non-hydrogen) atoms. The fourth-order valence-electron chi connectivity index (χ4n) is 2.85. The third kappa shape index (κ3) is 3.14. The SMILES string of the molecule is O=C(Cn1ccc2ccc(Cl)cc21)Nc1ccccc1-n1ccnc1. The monoisotopic (exact) mass is 350 g/mol. The molecule has 0 aliphatic heterocycles. The molecule has 0 bridgehead atoms. The van der Waals surface area contributed by atoms with Gasteiger partial charge in [-0.3, -0.25) is 4.79 Å². The van der Waals surface area contributed by atoms with Gasteiger partial charge in [0.05, 0.1) is 17.7 Å². The lowest BCUT2D eigenvalue weighted by Gasteiger charge is -2.12. The molecule has 2 aromatic heterocycles. The van der Waals surface area contributed by atoms with Crippen molar-refractivity contribution in [2.45, 2.75) is 6.54 Å². The molecule has 0 aliphatic carbocycles. The van der Waals surface area contributed by atoms with E-state index < -0.39 is 0 Å². The minimum atomic E-state index is -0.106. The number of anilines is 1. The Labute approximate surface area is 149 Å². The fourth-order valence-corrected chi connectivity index (χ4v) is 3.01. The molecule has 1 amide bonds. The smallest absolute Gasteiger partial charge is 0.244 e. The summed E-state index contributed by atoms with van der Waals surface area (Å²) in [5.74, 6) is -0.106. The van der Waals surface area contributed by atoms with Gasteiger partial charge in [0.25, 0.3) is 0 Å². The van der Waals surface area contributed by atoms with Crippen LogP contribution in [0.25, 0.3) is 16.6 Å². The molecule has 4 rings (SSSR count). The van der Waals surface area contributed by atoms with Gasteiger partial charge in [0.2, 0.25) is 5.91 Å². The molecule has 0 spiro atoms. The average Bonchev–Trinajstić information content (AvgIpc) is 3.26. The second kappa shape index (κ2) is 6.45. The predicted molar refractivity (Wildman–Crippen MR) is 99.1 cm³/mol. The maximum Gasteiger partial charge on any atom is 0.244 e. The van der Waals surface area contributed by atoms with E-state index in [-0.39, 0.29) is 12.5 Å². The van der Waals surface area contributed by atoms with E-state index in [9.17, 15) is 4.79 Å². The van der Waals surface area contributed by atoms with Crippen LogP contribution in [0.1, 0.15) is 0 Å². The summed E-state index contributed by atoms with van der Waals surface area (Å²) in [6.45, 7) is 0.210. The lowest BCUT2D eigenvalue weighted by molar-refractivity contribution is -0.116. The highest BCUT2D eigenvalue weighted by atomic mass is 35.5. The third-order valence-corrected chi connectivity index (χ3v) is 4.25. The zero-order valence-corrected chi connectivity index (χ0v) is 14.0. The molecule has 2 aromatic carbocycles. The van der Waals surface area contributed by atoms with Gasteiger partial charge in [-0.1, -0.05) is 29.8 Å². The van der Waals surface area contributed by atoms with Gasteiger partial charge in [0, 0.05) is 29.1 Å². The lowest BCUT2D eigenvalue weighted by Crippen LogP contribution is -2.19. The van der Waals surface area contributed by atoms with Crippen molar-refractivity contribution in [3.05, 3.63) is 78.5 Å². The van der Waals surface area contributed by atoms with E-state index >= 15 is 0 Å². The van der Waals surface area contributed by atoms with Gasteiger partial charge < -0.3 is 14.5 Å². The number of halogens is 1. The van der Waals surface area contributed by atoms with Crippen molar-refractivity contribution in [1.82, 2.24) is 14.1 Å². The van der Waals surface area contributed by atoms with Crippen molar-refractivity contribution in [3.8, 4) is 5.69 Å². The Kier molecular flexibility index (Phi) is 3.99. The highest BCUT2D eigenvalue weighted by molar-refractivity contribution is 6.31. The van der Waals surface area contributed by atoms with Gasteiger partial charge >= 0.3 is 0 Å². The van der Waals surface area contributed by atoms with Gasteiger partial charge in [-0.2, -0.15) is 0 Å². The van der Waals surface area contributed by atoms with Crippen LogP contribution in [0.4, 0.5) is 5.69 Å². The largest absolute Gasteiger partial charge is 0.338 e. The van der Waals surface area contributed by atoms with Crippen molar-refractivity contribution in [2.75, 3.05) is 5.32 Å². The van der Waals surface area contributed by atoms with Gasteiger partial charge in [-0.25, -0.2) is 4.98 Å². The maximum absolute atomic E-state index is 12.5. The number of carbonyl (C=O) groups is 1. The number of benzene rings is 2. The Balaban J connectivity index is 1.58. The van der Waals surface area contributed by atoms with Gasteiger partial charge in [-0.05, 0) is 35.7 Å². The van der Waals surface area contributed by atoms with E-state index in [0.717, 1.165) is 22.3 Å². The van der Waals surface area contributed by atoms with E-state index in [0.29, 0.717) is 5.02 Å². The standard InChI is InChI=1S/C19H15ClN4O/c20-15-6-5-14-7-9-23(18(14)11-15)12-19(25)22-16-3-1-2-4-17(16)24-10-8-21-13-24/h1-11,13H,12H2,(H,22,25). The first kappa shape index (κ1) is 15.5. The number of fused-ring (bicyclic) bond motifs is 1. The number of hydrogen-bond donors (Lipinski definition) is 1. The first-order chi connectivity index (χ1) is 12.2. The molecule has 4 aromatic rings. The number of nitrogens with zero attached hydrogens (tertiary/aromatic N) is 3. The zero-order valence-electron chi connectivity index (χ0n) is 13.3. The normalized spacial score (nSPS) is 10.9. The Morgan fingerprint density at radius 1 is 1.12 bits per heavy atom. The molecule has 0 unspecified atom stereocenters. The summed E-state index contributed by atoms with van der Waals surface area (Å²) in [6.07, 6.45) is 7.13. The second-order valence-corrected chi connectivity index (χ2v) is 6.12. The maximum atomic E-state index is 12.5. The molecule has 0 saturated heterocycles. The molecule has 0 saturated carbocycles. The van der Waals surface area contributed by atoms with Crippen molar-refractivity contribution in [1.29, 1.82) is 0 Å². The van der Waals surface area contributed by atoms with Crippen LogP contribution in [-0.2, 0) is 11.3 Å². The summed E-state index contributed by atoms with van der Waals surface area (Å²) in [4.78, 5) is 16.6. The van der Waals surface area contributed by atoms with Crippen LogP contribution >= 0.6 is 11.6 Å². The van der Waals surface area contributed by atoms with Crippen molar-refractivity contribution >= 4 is 34.1 Å². The van der Waals surface area contributed by atoms with E-state index in [4.69, 9.17) is 11.6 Å². The summed E-state index contributed by atoms with van der Waals surface area (Å²) in [6, 6.07) is 15.2. The number of rotatable bonds is 4. The zero-order chi connectivity index (χ0) is 17.2. The van der Waals surface area contributed by atoms with Gasteiger partial charge in [0.1, 0.15) is 6.54 Å². The number of nitrogens with one attached hydrogen (secondary N) is 1.